The van der Waals surface area contributed by atoms with Crippen molar-refractivity contribution < 1.29 is 19.4 Å². The van der Waals surface area contributed by atoms with Crippen molar-refractivity contribution in [2.24, 2.45) is 0 Å². The van der Waals surface area contributed by atoms with E-state index in [1.165, 1.54) is 4.90 Å². The number of rotatable bonds is 1. The van der Waals surface area contributed by atoms with Crippen LogP contribution >= 0.6 is 0 Å². The van der Waals surface area contributed by atoms with E-state index < -0.39 is 23.2 Å². The summed E-state index contributed by atoms with van der Waals surface area (Å²) in [6, 6.07) is 1.04. The van der Waals surface area contributed by atoms with Gasteiger partial charge in [-0.1, -0.05) is 0 Å². The van der Waals surface area contributed by atoms with Crippen LogP contribution in [-0.2, 0) is 17.7 Å². The summed E-state index contributed by atoms with van der Waals surface area (Å²) in [5.41, 5.74) is -0.101. The van der Waals surface area contributed by atoms with E-state index in [2.05, 4.69) is 4.98 Å². The lowest BCUT2D eigenvalue weighted by Gasteiger charge is -2.31. The maximum absolute atomic E-state index is 12.1. The number of carboxylic acid groups (broad SMARTS) is 1. The Hall–Kier alpha value is -2.31. The van der Waals surface area contributed by atoms with Crippen LogP contribution in [0.25, 0.3) is 0 Å². The summed E-state index contributed by atoms with van der Waals surface area (Å²) in [6.07, 6.45) is -0.0963. The number of hydrogen-bond acceptors (Lipinski definition) is 4. The van der Waals surface area contributed by atoms with Gasteiger partial charge in [0.05, 0.1) is 12.1 Å². The zero-order chi connectivity index (χ0) is 15.8. The van der Waals surface area contributed by atoms with Crippen LogP contribution in [0.2, 0.25) is 0 Å². The Kier molecular flexibility index (Phi) is 3.76. The van der Waals surface area contributed by atoms with Gasteiger partial charge in [0.2, 0.25) is 5.56 Å². The number of carboxylic acids is 1. The topological polar surface area (TPSA) is 99.7 Å². The van der Waals surface area contributed by atoms with Gasteiger partial charge in [-0.2, -0.15) is 0 Å². The van der Waals surface area contributed by atoms with Crippen molar-refractivity contribution in [3.05, 3.63) is 33.2 Å². The smallest absolute Gasteiger partial charge is 0.410 e. The van der Waals surface area contributed by atoms with Gasteiger partial charge in [0.25, 0.3) is 0 Å². The van der Waals surface area contributed by atoms with Gasteiger partial charge in [-0.05, 0) is 20.8 Å². The van der Waals surface area contributed by atoms with Gasteiger partial charge in [0, 0.05) is 30.3 Å². The number of aromatic amines is 1. The molecule has 0 aromatic carbocycles. The number of aromatic carboxylic acids is 1. The highest BCUT2D eigenvalue weighted by atomic mass is 16.6. The summed E-state index contributed by atoms with van der Waals surface area (Å²) in [7, 11) is 0. The van der Waals surface area contributed by atoms with Crippen LogP contribution in [0.15, 0.2) is 10.9 Å². The Labute approximate surface area is 121 Å². The molecule has 2 N–H and O–H groups in total. The molecular formula is C14H18N2O5. The van der Waals surface area contributed by atoms with Crippen LogP contribution in [0.5, 0.6) is 0 Å². The Morgan fingerprint density at radius 1 is 1.38 bits per heavy atom. The first kappa shape index (κ1) is 15.1. The molecule has 7 heteroatoms. The number of nitrogens with zero attached hydrogens (tertiary/aromatic N) is 1. The minimum Gasteiger partial charge on any atom is -0.478 e. The summed E-state index contributed by atoms with van der Waals surface area (Å²) in [6.45, 7) is 5.79. The largest absolute Gasteiger partial charge is 0.478 e. The van der Waals surface area contributed by atoms with Crippen LogP contribution < -0.4 is 5.56 Å². The first-order valence-electron chi connectivity index (χ1n) is 6.63. The molecule has 114 valence electrons. The standard InChI is InChI=1S/C14H18N2O5/c1-14(2,3)21-13(20)16-5-4-10-9(7-16)8(12(18)19)6-11(17)15-10/h6H,4-5,7H2,1-3H3,(H,15,17)(H,18,19). The molecule has 1 aliphatic rings. The number of fused-ring (bicyclic) bond motifs is 1. The maximum atomic E-state index is 12.1. The molecule has 0 aliphatic carbocycles. The van der Waals surface area contributed by atoms with Crippen LogP contribution in [0.3, 0.4) is 0 Å². The normalized spacial score (nSPS) is 14.5. The second-order valence-electron chi connectivity index (χ2n) is 5.96. The highest BCUT2D eigenvalue weighted by molar-refractivity contribution is 5.89. The number of carbonyl (C=O) groups is 2. The lowest BCUT2D eigenvalue weighted by Crippen LogP contribution is -2.41. The number of amides is 1. The molecular weight excluding hydrogens is 276 g/mol. The van der Waals surface area contributed by atoms with Crippen molar-refractivity contribution in [2.45, 2.75) is 39.3 Å². The van der Waals surface area contributed by atoms with Crippen molar-refractivity contribution >= 4 is 12.1 Å². The SMILES string of the molecule is CC(C)(C)OC(=O)N1CCc2[nH]c(=O)cc(C(=O)O)c2C1. The third-order valence-corrected chi connectivity index (χ3v) is 3.10. The molecule has 0 saturated carbocycles. The molecule has 0 radical (unpaired) electrons. The number of carbonyl (C=O) groups excluding carboxylic acids is 1. The van der Waals surface area contributed by atoms with Gasteiger partial charge < -0.3 is 19.7 Å². The fraction of sp³-hybridized carbons (Fsp3) is 0.500. The Bertz CT molecular complexity index is 642. The molecule has 2 heterocycles. The first-order valence-corrected chi connectivity index (χ1v) is 6.63. The number of H-pyrrole nitrogens is 1. The van der Waals surface area contributed by atoms with E-state index in [-0.39, 0.29) is 12.1 Å². The molecule has 1 aliphatic heterocycles. The summed E-state index contributed by atoms with van der Waals surface area (Å²) >= 11 is 0. The second kappa shape index (κ2) is 5.23. The average Bonchev–Trinajstić information content (AvgIpc) is 2.34. The van der Waals surface area contributed by atoms with Gasteiger partial charge in [0.1, 0.15) is 5.60 Å². The van der Waals surface area contributed by atoms with Gasteiger partial charge in [-0.15, -0.1) is 0 Å². The molecule has 0 saturated heterocycles. The Balaban J connectivity index is 2.30. The zero-order valence-electron chi connectivity index (χ0n) is 12.2. The maximum Gasteiger partial charge on any atom is 0.410 e. The molecule has 0 fully saturated rings. The lowest BCUT2D eigenvalue weighted by atomic mass is 10.0. The van der Waals surface area contributed by atoms with Gasteiger partial charge in [-0.3, -0.25) is 4.79 Å². The summed E-state index contributed by atoms with van der Waals surface area (Å²) in [4.78, 5) is 38.8. The number of ether oxygens (including phenoxy) is 1. The monoisotopic (exact) mass is 294 g/mol. The van der Waals surface area contributed by atoms with Crippen LogP contribution in [0.4, 0.5) is 4.79 Å². The molecule has 0 bridgehead atoms. The third-order valence-electron chi connectivity index (χ3n) is 3.10. The number of nitrogens with one attached hydrogen (secondary N) is 1. The van der Waals surface area contributed by atoms with E-state index in [1.54, 1.807) is 20.8 Å². The molecule has 0 atom stereocenters. The molecule has 2 rings (SSSR count). The summed E-state index contributed by atoms with van der Waals surface area (Å²) < 4.78 is 5.28. The van der Waals surface area contributed by atoms with Crippen molar-refractivity contribution in [2.75, 3.05) is 6.54 Å². The lowest BCUT2D eigenvalue weighted by molar-refractivity contribution is 0.0220. The zero-order valence-corrected chi connectivity index (χ0v) is 12.2. The third kappa shape index (κ3) is 3.42. The van der Waals surface area contributed by atoms with Crippen LogP contribution in [0, 0.1) is 0 Å². The highest BCUT2D eigenvalue weighted by Crippen LogP contribution is 2.21. The Morgan fingerprint density at radius 2 is 2.05 bits per heavy atom. The number of aromatic nitrogens is 1. The van der Waals surface area contributed by atoms with Gasteiger partial charge in [0.15, 0.2) is 0 Å². The average molecular weight is 294 g/mol. The van der Waals surface area contributed by atoms with E-state index in [0.29, 0.717) is 24.2 Å². The van der Waals surface area contributed by atoms with E-state index in [4.69, 9.17) is 4.74 Å². The Morgan fingerprint density at radius 3 is 2.62 bits per heavy atom. The minimum atomic E-state index is -1.18. The predicted octanol–water partition coefficient (Wildman–Crippen LogP) is 1.37. The van der Waals surface area contributed by atoms with Gasteiger partial charge in [-0.25, -0.2) is 9.59 Å². The van der Waals surface area contributed by atoms with Crippen LogP contribution in [0.1, 0.15) is 42.4 Å². The van der Waals surface area contributed by atoms with Crippen LogP contribution in [-0.4, -0.2) is 39.2 Å². The molecule has 0 unspecified atom stereocenters. The number of hydrogen-bond donors (Lipinski definition) is 2. The summed E-state index contributed by atoms with van der Waals surface area (Å²) in [5, 5.41) is 9.19. The second-order valence-corrected chi connectivity index (χ2v) is 5.96. The minimum absolute atomic E-state index is 0.0676. The van der Waals surface area contributed by atoms with E-state index in [0.717, 1.165) is 6.07 Å². The summed E-state index contributed by atoms with van der Waals surface area (Å²) in [5.74, 6) is -1.18. The van der Waals surface area contributed by atoms with E-state index in [9.17, 15) is 19.5 Å². The predicted molar refractivity (Wildman–Crippen MR) is 74.4 cm³/mol. The molecule has 1 aromatic heterocycles. The van der Waals surface area contributed by atoms with E-state index in [1.807, 2.05) is 0 Å². The molecule has 1 aromatic rings. The molecule has 0 spiro atoms. The quantitative estimate of drug-likeness (QED) is 0.814. The molecule has 7 nitrogen and oxygen atoms in total. The molecule has 1 amide bonds. The van der Waals surface area contributed by atoms with Crippen molar-refractivity contribution in [1.29, 1.82) is 0 Å². The van der Waals surface area contributed by atoms with E-state index >= 15 is 0 Å². The highest BCUT2D eigenvalue weighted by Gasteiger charge is 2.28. The number of pyridine rings is 1. The molecule has 21 heavy (non-hydrogen) atoms. The fourth-order valence-electron chi connectivity index (χ4n) is 2.22. The van der Waals surface area contributed by atoms with Crippen molar-refractivity contribution in [3.63, 3.8) is 0 Å². The van der Waals surface area contributed by atoms with Crippen molar-refractivity contribution in [1.82, 2.24) is 9.88 Å². The van der Waals surface area contributed by atoms with Crippen molar-refractivity contribution in [3.8, 4) is 0 Å². The fourth-order valence-corrected chi connectivity index (χ4v) is 2.22. The first-order chi connectivity index (χ1) is 9.67. The van der Waals surface area contributed by atoms with Gasteiger partial charge >= 0.3 is 12.1 Å².